The topological polar surface area (TPSA) is 93.2 Å². The van der Waals surface area contributed by atoms with Crippen molar-refractivity contribution in [1.82, 2.24) is 9.88 Å². The highest BCUT2D eigenvalue weighted by atomic mass is 35.5. The van der Waals surface area contributed by atoms with Gasteiger partial charge in [0, 0.05) is 37.0 Å². The number of anilines is 2. The molecule has 4 aromatic rings. The Kier molecular flexibility index (Phi) is 9.23. The quantitative estimate of drug-likeness (QED) is 0.207. The van der Waals surface area contributed by atoms with Gasteiger partial charge in [0.15, 0.2) is 11.5 Å². The van der Waals surface area contributed by atoms with Gasteiger partial charge >= 0.3 is 6.03 Å². The molecule has 1 aromatic heterocycles. The molecule has 1 aliphatic heterocycles. The van der Waals surface area contributed by atoms with Gasteiger partial charge in [-0.1, -0.05) is 29.3 Å². The van der Waals surface area contributed by atoms with E-state index < -0.39 is 0 Å². The van der Waals surface area contributed by atoms with Crippen LogP contribution in [0, 0.1) is 6.92 Å². The average Bonchev–Trinajstić information content (AvgIpc) is 3.01. The first-order valence-corrected chi connectivity index (χ1v) is 14.3. The largest absolute Gasteiger partial charge is 0.493 e. The highest BCUT2D eigenvalue weighted by Crippen LogP contribution is 2.32. The number of urea groups is 1. The number of carbonyl (C=O) groups excluding carboxylic acids is 2. The maximum atomic E-state index is 13.4. The lowest BCUT2D eigenvalue weighted by molar-refractivity contribution is 0.102. The monoisotopic (exact) mass is 620 g/mol. The first kappa shape index (κ1) is 30.0. The van der Waals surface area contributed by atoms with Gasteiger partial charge in [0.25, 0.3) is 5.91 Å². The zero-order valence-corrected chi connectivity index (χ0v) is 25.4. The number of hydrogen-bond acceptors (Lipinski definition) is 6. The summed E-state index contributed by atoms with van der Waals surface area (Å²) in [5, 5.41) is 3.45. The Hall–Kier alpha value is -4.47. The van der Waals surface area contributed by atoms with E-state index in [9.17, 15) is 9.59 Å². The van der Waals surface area contributed by atoms with Crippen LogP contribution < -0.4 is 24.4 Å². The molecular weight excluding hydrogens is 591 g/mol. The summed E-state index contributed by atoms with van der Waals surface area (Å²) in [5.41, 5.74) is 3.47. The molecule has 1 fully saturated rings. The zero-order chi connectivity index (χ0) is 30.5. The summed E-state index contributed by atoms with van der Waals surface area (Å²) < 4.78 is 16.7. The van der Waals surface area contributed by atoms with Crippen LogP contribution in [0.5, 0.6) is 23.1 Å². The van der Waals surface area contributed by atoms with Gasteiger partial charge in [0.2, 0.25) is 5.88 Å². The lowest BCUT2D eigenvalue weighted by Crippen LogP contribution is -2.49. The highest BCUT2D eigenvalue weighted by Gasteiger charge is 2.27. The van der Waals surface area contributed by atoms with Gasteiger partial charge in [-0.2, -0.15) is 0 Å². The zero-order valence-electron chi connectivity index (χ0n) is 23.9. The smallest absolute Gasteiger partial charge is 0.324 e. The molecule has 0 spiro atoms. The molecule has 0 atom stereocenters. The summed E-state index contributed by atoms with van der Waals surface area (Å²) in [6, 6.07) is 19.3. The van der Waals surface area contributed by atoms with Gasteiger partial charge in [0.1, 0.15) is 5.75 Å². The standard InChI is InChI=1S/C32H30Cl2N4O5/c1-20-15-24(38-14-4-13-37(32(38)40)19-21-5-10-28(41-2)29(16-21)42-3)8-11-27(20)43-30-12-7-23(18-35-30)36-31(39)22-6-9-25(33)26(34)17-22/h5-12,15-18H,4,13-14,19H2,1-3H3,(H,36,39). The summed E-state index contributed by atoms with van der Waals surface area (Å²) in [4.78, 5) is 33.9. The molecule has 0 saturated carbocycles. The van der Waals surface area contributed by atoms with Crippen LogP contribution in [0.3, 0.4) is 0 Å². The summed E-state index contributed by atoms with van der Waals surface area (Å²) in [6.45, 7) is 3.67. The fourth-order valence-corrected chi connectivity index (χ4v) is 5.05. The van der Waals surface area contributed by atoms with Crippen molar-refractivity contribution < 1.29 is 23.8 Å². The number of rotatable bonds is 9. The van der Waals surface area contributed by atoms with E-state index in [0.717, 1.165) is 23.2 Å². The van der Waals surface area contributed by atoms with Crippen LogP contribution in [0.2, 0.25) is 10.0 Å². The molecule has 5 rings (SSSR count). The van der Waals surface area contributed by atoms with Crippen molar-refractivity contribution in [3.8, 4) is 23.1 Å². The molecular formula is C32H30Cl2N4O5. The van der Waals surface area contributed by atoms with Crippen LogP contribution in [-0.2, 0) is 6.54 Å². The SMILES string of the molecule is COc1ccc(CN2CCCN(c3ccc(Oc4ccc(NC(=O)c5ccc(Cl)c(Cl)c5)cn4)c(C)c3)C2=O)cc1OC. The van der Waals surface area contributed by atoms with E-state index in [2.05, 4.69) is 10.3 Å². The average molecular weight is 622 g/mol. The van der Waals surface area contributed by atoms with Crippen LogP contribution in [-0.4, -0.2) is 49.1 Å². The fraction of sp³-hybridized carbons (Fsp3) is 0.219. The summed E-state index contributed by atoms with van der Waals surface area (Å²) in [6.07, 6.45) is 2.35. The molecule has 0 aliphatic carbocycles. The number of nitrogens with one attached hydrogen (secondary N) is 1. The number of carbonyl (C=O) groups is 2. The second kappa shape index (κ2) is 13.2. The van der Waals surface area contributed by atoms with Gasteiger partial charge in [-0.25, -0.2) is 9.78 Å². The highest BCUT2D eigenvalue weighted by molar-refractivity contribution is 6.42. The molecule has 1 saturated heterocycles. The minimum absolute atomic E-state index is 0.0609. The Labute approximate surface area is 259 Å². The summed E-state index contributed by atoms with van der Waals surface area (Å²) in [7, 11) is 3.19. The molecule has 0 radical (unpaired) electrons. The van der Waals surface area contributed by atoms with E-state index in [0.29, 0.717) is 64.1 Å². The summed E-state index contributed by atoms with van der Waals surface area (Å²) in [5.74, 6) is 1.90. The third-order valence-corrected chi connectivity index (χ3v) is 7.73. The summed E-state index contributed by atoms with van der Waals surface area (Å²) >= 11 is 11.9. The molecule has 3 aromatic carbocycles. The van der Waals surface area contributed by atoms with Crippen molar-refractivity contribution in [3.63, 3.8) is 0 Å². The molecule has 3 amide bonds. The lowest BCUT2D eigenvalue weighted by Gasteiger charge is -2.36. The minimum atomic E-state index is -0.338. The lowest BCUT2D eigenvalue weighted by atomic mass is 10.1. The molecule has 43 heavy (non-hydrogen) atoms. The Morgan fingerprint density at radius 2 is 1.70 bits per heavy atom. The number of methoxy groups -OCH3 is 2. The fourth-order valence-electron chi connectivity index (χ4n) is 4.75. The Bertz CT molecular complexity index is 1650. The molecule has 1 aliphatic rings. The predicted octanol–water partition coefficient (Wildman–Crippen LogP) is 7.59. The molecule has 222 valence electrons. The van der Waals surface area contributed by atoms with Gasteiger partial charge in [-0.15, -0.1) is 0 Å². The number of hydrogen-bond donors (Lipinski definition) is 1. The Morgan fingerprint density at radius 3 is 2.40 bits per heavy atom. The van der Waals surface area contributed by atoms with E-state index >= 15 is 0 Å². The van der Waals surface area contributed by atoms with Gasteiger partial charge in [-0.3, -0.25) is 9.69 Å². The van der Waals surface area contributed by atoms with Crippen LogP contribution in [0.25, 0.3) is 0 Å². The first-order valence-electron chi connectivity index (χ1n) is 13.5. The molecule has 11 heteroatoms. The normalized spacial score (nSPS) is 13.1. The molecule has 9 nitrogen and oxygen atoms in total. The van der Waals surface area contributed by atoms with E-state index in [4.69, 9.17) is 37.4 Å². The number of ether oxygens (including phenoxy) is 3. The number of aryl methyl sites for hydroxylation is 1. The van der Waals surface area contributed by atoms with E-state index in [1.807, 2.05) is 48.2 Å². The van der Waals surface area contributed by atoms with Crippen LogP contribution in [0.4, 0.5) is 16.2 Å². The number of halogens is 2. The third-order valence-electron chi connectivity index (χ3n) is 6.99. The molecule has 0 unspecified atom stereocenters. The van der Waals surface area contributed by atoms with Crippen LogP contribution in [0.1, 0.15) is 27.9 Å². The van der Waals surface area contributed by atoms with Crippen molar-refractivity contribution in [2.24, 2.45) is 0 Å². The number of benzene rings is 3. The van der Waals surface area contributed by atoms with Crippen molar-refractivity contribution in [2.75, 3.05) is 37.5 Å². The first-order chi connectivity index (χ1) is 20.7. The molecule has 1 N–H and O–H groups in total. The van der Waals surface area contributed by atoms with Gasteiger partial charge in [-0.05, 0) is 79.1 Å². The third kappa shape index (κ3) is 6.96. The van der Waals surface area contributed by atoms with E-state index in [1.54, 1.807) is 43.4 Å². The Morgan fingerprint density at radius 1 is 0.907 bits per heavy atom. The number of pyridine rings is 1. The van der Waals surface area contributed by atoms with E-state index in [1.165, 1.54) is 12.3 Å². The van der Waals surface area contributed by atoms with Gasteiger partial charge in [0.05, 0.1) is 36.1 Å². The van der Waals surface area contributed by atoms with Crippen molar-refractivity contribution in [1.29, 1.82) is 0 Å². The van der Waals surface area contributed by atoms with Crippen LogP contribution in [0.15, 0.2) is 72.9 Å². The Balaban J connectivity index is 1.22. The minimum Gasteiger partial charge on any atom is -0.493 e. The molecule has 0 bridgehead atoms. The van der Waals surface area contributed by atoms with E-state index in [-0.39, 0.29) is 11.9 Å². The van der Waals surface area contributed by atoms with Crippen molar-refractivity contribution >= 4 is 46.5 Å². The maximum Gasteiger partial charge on any atom is 0.324 e. The number of nitrogens with zero attached hydrogens (tertiary/aromatic N) is 3. The number of amides is 3. The van der Waals surface area contributed by atoms with Gasteiger partial charge < -0.3 is 24.4 Å². The number of aromatic nitrogens is 1. The van der Waals surface area contributed by atoms with Crippen molar-refractivity contribution in [2.45, 2.75) is 19.9 Å². The second-order valence-corrected chi connectivity index (χ2v) is 10.7. The predicted molar refractivity (Wildman–Crippen MR) is 167 cm³/mol. The molecule has 2 heterocycles. The van der Waals surface area contributed by atoms with Crippen LogP contribution >= 0.6 is 23.2 Å². The second-order valence-electron chi connectivity index (χ2n) is 9.92. The van der Waals surface area contributed by atoms with Crippen molar-refractivity contribution in [3.05, 3.63) is 99.7 Å². The maximum absolute atomic E-state index is 13.4.